The van der Waals surface area contributed by atoms with Gasteiger partial charge in [0.2, 0.25) is 32.5 Å². The third-order valence-electron chi connectivity index (χ3n) is 9.62. The number of carbonyl (C=O) groups is 8. The van der Waals surface area contributed by atoms with E-state index in [-0.39, 0.29) is 37.8 Å². The van der Waals surface area contributed by atoms with Crippen LogP contribution in [0.5, 0.6) is 5.75 Å². The standard InChI is InChI=1S/C47H57N4O19/c1-30(52)62-26-66-43(56)22-50(23-44(57)67-27-63-31(2)53)15-16-60-17-18-61-42-19-34(9-14-39(42)51(24-45(58)68-28-64-32(3)54)25-46(59)69-29-65-33(4)55)47-37-12-10-35(48(5)6)20-40(37)70-41-21-36(49(7)8)11-13-38(41)47/h9-14,19-21H,15-18,22-29H2,1-8H3/q+1. The molecule has 70 heavy (non-hydrogen) atoms. The normalized spacial score (nSPS) is 10.8. The van der Waals surface area contributed by atoms with E-state index in [9.17, 15) is 38.4 Å². The Morgan fingerprint density at radius 1 is 0.571 bits per heavy atom. The molecule has 0 bridgehead atoms. The molecule has 0 radical (unpaired) electrons. The maximum atomic E-state index is 13.2. The van der Waals surface area contributed by atoms with Crippen LogP contribution >= 0.6 is 0 Å². The quantitative estimate of drug-likeness (QED) is 0.0218. The van der Waals surface area contributed by atoms with Gasteiger partial charge in [0.25, 0.3) is 0 Å². The van der Waals surface area contributed by atoms with Crippen LogP contribution < -0.4 is 24.5 Å². The molecule has 378 valence electrons. The fraction of sp³-hybridized carbons (Fsp3) is 0.426. The van der Waals surface area contributed by atoms with Gasteiger partial charge in [-0.25, -0.2) is 4.58 Å². The number of rotatable bonds is 26. The van der Waals surface area contributed by atoms with Crippen LogP contribution in [0.2, 0.25) is 0 Å². The maximum Gasteiger partial charge on any atom is 0.328 e. The van der Waals surface area contributed by atoms with Crippen LogP contribution in [0.4, 0.5) is 11.4 Å². The number of hydrogen-bond donors (Lipinski definition) is 0. The third kappa shape index (κ3) is 18.0. The number of anilines is 2. The van der Waals surface area contributed by atoms with Crippen LogP contribution in [-0.4, -0.2) is 161 Å². The predicted molar refractivity (Wildman–Crippen MR) is 246 cm³/mol. The number of esters is 8. The van der Waals surface area contributed by atoms with Gasteiger partial charge in [-0.05, 0) is 35.9 Å². The lowest BCUT2D eigenvalue weighted by Gasteiger charge is -2.26. The van der Waals surface area contributed by atoms with Crippen LogP contribution in [0.1, 0.15) is 27.7 Å². The maximum absolute atomic E-state index is 13.2. The van der Waals surface area contributed by atoms with Crippen molar-refractivity contribution in [2.75, 3.05) is 118 Å². The van der Waals surface area contributed by atoms with Gasteiger partial charge < -0.3 is 61.6 Å². The van der Waals surface area contributed by atoms with E-state index < -0.39 is 101 Å². The minimum absolute atomic E-state index is 0.0188. The highest BCUT2D eigenvalue weighted by atomic mass is 16.7. The van der Waals surface area contributed by atoms with Crippen molar-refractivity contribution in [3.8, 4) is 28.2 Å². The van der Waals surface area contributed by atoms with E-state index in [2.05, 4.69) is 9.47 Å². The summed E-state index contributed by atoms with van der Waals surface area (Å²) in [6, 6.07) is 16.8. The van der Waals surface area contributed by atoms with E-state index in [1.54, 1.807) is 18.2 Å². The average molecular weight is 982 g/mol. The molecular weight excluding hydrogens is 925 g/mol. The van der Waals surface area contributed by atoms with Crippen LogP contribution in [0, 0.1) is 0 Å². The van der Waals surface area contributed by atoms with Crippen molar-refractivity contribution in [1.82, 2.24) is 9.48 Å². The molecule has 23 heteroatoms. The second-order valence-electron chi connectivity index (χ2n) is 15.4. The Morgan fingerprint density at radius 3 is 1.60 bits per heavy atom. The van der Waals surface area contributed by atoms with E-state index in [0.29, 0.717) is 16.9 Å². The molecular formula is C47H57N4O19+. The fourth-order valence-corrected chi connectivity index (χ4v) is 6.30. The Balaban J connectivity index is 1.71. The second kappa shape index (κ2) is 27.3. The van der Waals surface area contributed by atoms with E-state index in [1.807, 2.05) is 74.1 Å². The van der Waals surface area contributed by atoms with Gasteiger partial charge >= 0.3 is 47.8 Å². The molecule has 2 aromatic carbocycles. The molecule has 0 saturated heterocycles. The minimum Gasteiger partial charge on any atom is -0.489 e. The molecule has 0 unspecified atom stereocenters. The number of ether oxygens (including phenoxy) is 10. The topological polar surface area (TPSA) is 255 Å². The van der Waals surface area contributed by atoms with Crippen molar-refractivity contribution in [2.24, 2.45) is 0 Å². The summed E-state index contributed by atoms with van der Waals surface area (Å²) in [6.07, 6.45) is 0. The first kappa shape index (κ1) is 54.8. The molecule has 0 N–H and O–H groups in total. The molecule has 0 amide bonds. The fourth-order valence-electron chi connectivity index (χ4n) is 6.30. The third-order valence-corrected chi connectivity index (χ3v) is 9.62. The van der Waals surface area contributed by atoms with Crippen LogP contribution in [0.15, 0.2) is 59.0 Å². The van der Waals surface area contributed by atoms with Gasteiger partial charge in [-0.3, -0.25) is 43.3 Å². The van der Waals surface area contributed by atoms with Crippen molar-refractivity contribution < 1.29 is 90.1 Å². The highest BCUT2D eigenvalue weighted by Crippen LogP contribution is 2.43. The van der Waals surface area contributed by atoms with Crippen LogP contribution in [0.3, 0.4) is 0 Å². The lowest BCUT2D eigenvalue weighted by molar-refractivity contribution is -0.170. The summed E-state index contributed by atoms with van der Waals surface area (Å²) in [5, 5.41) is 1.65. The Bertz CT molecular complexity index is 2480. The summed E-state index contributed by atoms with van der Waals surface area (Å²) in [4.78, 5) is 101. The monoisotopic (exact) mass is 981 g/mol. The molecule has 0 aromatic heterocycles. The Hall–Kier alpha value is -7.79. The predicted octanol–water partition coefficient (Wildman–Crippen LogP) is 2.06. The van der Waals surface area contributed by atoms with E-state index in [4.69, 9.17) is 42.3 Å². The number of nitrogens with zero attached hydrogens (tertiary/aromatic N) is 4. The van der Waals surface area contributed by atoms with E-state index in [0.717, 1.165) is 55.3 Å². The number of benzene rings is 3. The number of fused-ring (bicyclic) bond motifs is 2. The molecule has 2 aliphatic rings. The lowest BCUT2D eigenvalue weighted by Crippen LogP contribution is -2.38. The Morgan fingerprint density at radius 2 is 1.10 bits per heavy atom. The molecule has 0 fully saturated rings. The first-order chi connectivity index (χ1) is 33.3. The van der Waals surface area contributed by atoms with Gasteiger partial charge in [-0.1, -0.05) is 6.07 Å². The summed E-state index contributed by atoms with van der Waals surface area (Å²) in [7, 11) is 7.66. The molecule has 4 rings (SSSR count). The van der Waals surface area contributed by atoms with Gasteiger partial charge in [-0.15, -0.1) is 0 Å². The van der Waals surface area contributed by atoms with E-state index in [1.165, 1.54) is 9.80 Å². The lowest BCUT2D eigenvalue weighted by atomic mass is 9.93. The highest BCUT2D eigenvalue weighted by molar-refractivity contribution is 6.03. The molecule has 0 atom stereocenters. The van der Waals surface area contributed by atoms with Crippen molar-refractivity contribution >= 4 is 70.1 Å². The zero-order chi connectivity index (χ0) is 51.3. The molecule has 0 saturated carbocycles. The molecule has 1 aliphatic heterocycles. The Kier molecular flexibility index (Phi) is 21.4. The van der Waals surface area contributed by atoms with E-state index >= 15 is 0 Å². The molecule has 1 aliphatic carbocycles. The van der Waals surface area contributed by atoms with Crippen molar-refractivity contribution in [3.05, 3.63) is 60.0 Å². The summed E-state index contributed by atoms with van der Waals surface area (Å²) in [5.41, 5.74) is 3.86. The van der Waals surface area contributed by atoms with Crippen molar-refractivity contribution in [1.29, 1.82) is 0 Å². The zero-order valence-corrected chi connectivity index (χ0v) is 40.2. The summed E-state index contributed by atoms with van der Waals surface area (Å²) < 4.78 is 59.5. The SMILES string of the molecule is CC(=O)OCOC(=O)CN(CCOCCOc1cc(-c2c3ccc(=[N+](C)C)cc-3oc3cc(N(C)C)ccc23)ccc1N(CC(=O)OCOC(C)=O)CC(=O)OCOC(C)=O)CC(=O)OCOC(C)=O. The zero-order valence-electron chi connectivity index (χ0n) is 40.2. The Labute approximate surface area is 402 Å². The number of carbonyl (C=O) groups excluding carboxylic acids is 8. The smallest absolute Gasteiger partial charge is 0.328 e. The first-order valence-electron chi connectivity index (χ1n) is 21.5. The first-order valence-corrected chi connectivity index (χ1v) is 21.5. The minimum atomic E-state index is -0.891. The van der Waals surface area contributed by atoms with Gasteiger partial charge in [0.05, 0.1) is 38.1 Å². The molecule has 1 heterocycles. The summed E-state index contributed by atoms with van der Waals surface area (Å²) in [5.74, 6) is -5.43. The highest BCUT2D eigenvalue weighted by Gasteiger charge is 2.25. The van der Waals surface area contributed by atoms with Crippen molar-refractivity contribution in [2.45, 2.75) is 27.7 Å². The van der Waals surface area contributed by atoms with Gasteiger partial charge in [0, 0.05) is 82.7 Å². The van der Waals surface area contributed by atoms with Gasteiger partial charge in [0.15, 0.2) is 0 Å². The van der Waals surface area contributed by atoms with Crippen molar-refractivity contribution in [3.63, 3.8) is 0 Å². The molecule has 0 spiro atoms. The summed E-state index contributed by atoms with van der Waals surface area (Å²) in [6.45, 7) is -0.418. The van der Waals surface area contributed by atoms with Crippen LogP contribution in [-0.2, 0) is 81.0 Å². The largest absolute Gasteiger partial charge is 0.489 e. The number of hydrogen-bond acceptors (Lipinski definition) is 22. The van der Waals surface area contributed by atoms with Gasteiger partial charge in [-0.2, -0.15) is 0 Å². The summed E-state index contributed by atoms with van der Waals surface area (Å²) >= 11 is 0. The second-order valence-corrected chi connectivity index (χ2v) is 15.4. The van der Waals surface area contributed by atoms with Crippen LogP contribution in [0.25, 0.3) is 33.4 Å². The molecule has 23 nitrogen and oxygen atoms in total. The average Bonchev–Trinajstić information content (AvgIpc) is 3.28. The molecule has 2 aromatic rings. The van der Waals surface area contributed by atoms with Gasteiger partial charge in [0.1, 0.15) is 50.9 Å².